The van der Waals surface area contributed by atoms with Gasteiger partial charge >= 0.3 is 5.97 Å². The van der Waals surface area contributed by atoms with Crippen molar-refractivity contribution in [1.29, 1.82) is 0 Å². The Balaban J connectivity index is 0.000000211. The van der Waals surface area contributed by atoms with Crippen molar-refractivity contribution >= 4 is 16.1 Å². The van der Waals surface area contributed by atoms with E-state index < -0.39 is 22.1 Å². The third-order valence-electron chi connectivity index (χ3n) is 2.47. The molecule has 6 nitrogen and oxygen atoms in total. The van der Waals surface area contributed by atoms with Gasteiger partial charge in [-0.2, -0.15) is 8.42 Å². The molecule has 0 aliphatic heterocycles. The van der Waals surface area contributed by atoms with E-state index in [4.69, 9.17) is 15.4 Å². The number of carboxylic acids is 1. The Morgan fingerprint density at radius 3 is 1.71 bits per heavy atom. The maximum Gasteiger partial charge on any atom is 0.325 e. The highest BCUT2D eigenvalue weighted by Gasteiger charge is 2.12. The summed E-state index contributed by atoms with van der Waals surface area (Å²) in [5.41, 5.74) is 5.96. The Labute approximate surface area is 122 Å². The van der Waals surface area contributed by atoms with E-state index in [1.807, 2.05) is 6.07 Å². The molecule has 4 N–H and O–H groups in total. The molecule has 2 rings (SSSR count). The van der Waals surface area contributed by atoms with Crippen molar-refractivity contribution in [1.82, 2.24) is 0 Å². The van der Waals surface area contributed by atoms with Crippen LogP contribution in [-0.2, 0) is 14.9 Å². The average Bonchev–Trinajstić information content (AvgIpc) is 2.48. The second-order valence-electron chi connectivity index (χ2n) is 4.01. The van der Waals surface area contributed by atoms with Gasteiger partial charge in [-0.1, -0.05) is 48.5 Å². The van der Waals surface area contributed by atoms with Gasteiger partial charge in [0.15, 0.2) is 0 Å². The smallest absolute Gasteiger partial charge is 0.325 e. The largest absolute Gasteiger partial charge is 0.480 e. The molecular formula is C14H15NO5S. The van der Waals surface area contributed by atoms with E-state index in [2.05, 4.69) is 0 Å². The summed E-state index contributed by atoms with van der Waals surface area (Å²) in [5, 5.41) is 8.51. The summed E-state index contributed by atoms with van der Waals surface area (Å²) in [6.07, 6.45) is 0. The molecule has 7 heteroatoms. The molecule has 0 unspecified atom stereocenters. The van der Waals surface area contributed by atoms with Crippen molar-refractivity contribution < 1.29 is 22.9 Å². The van der Waals surface area contributed by atoms with Crippen LogP contribution in [0.5, 0.6) is 0 Å². The first kappa shape index (κ1) is 16.8. The first-order chi connectivity index (χ1) is 9.82. The maximum atomic E-state index is 10.4. The van der Waals surface area contributed by atoms with Gasteiger partial charge in [0.1, 0.15) is 6.04 Å². The quantitative estimate of drug-likeness (QED) is 0.743. The summed E-state index contributed by atoms with van der Waals surface area (Å²) in [5.74, 6) is -1.00. The lowest BCUT2D eigenvalue weighted by Gasteiger charge is -2.04. The fourth-order valence-electron chi connectivity index (χ4n) is 1.40. The summed E-state index contributed by atoms with van der Waals surface area (Å²) < 4.78 is 29.2. The highest BCUT2D eigenvalue weighted by Crippen LogP contribution is 2.08. The monoisotopic (exact) mass is 309 g/mol. The molecule has 112 valence electrons. The highest BCUT2D eigenvalue weighted by molar-refractivity contribution is 7.85. The van der Waals surface area contributed by atoms with Gasteiger partial charge in [-0.05, 0) is 17.7 Å². The molecule has 0 spiro atoms. The van der Waals surface area contributed by atoms with E-state index >= 15 is 0 Å². The molecule has 0 aliphatic rings. The SMILES string of the molecule is N[C@@H](C(=O)O)c1ccccc1.O=S(=O)(O)c1ccccc1. The van der Waals surface area contributed by atoms with Gasteiger partial charge < -0.3 is 10.8 Å². The van der Waals surface area contributed by atoms with Crippen molar-refractivity contribution in [2.75, 3.05) is 0 Å². The number of hydrogen-bond acceptors (Lipinski definition) is 4. The predicted octanol–water partition coefficient (Wildman–Crippen LogP) is 1.70. The number of carboxylic acid groups (broad SMARTS) is 1. The fourth-order valence-corrected chi connectivity index (χ4v) is 1.90. The average molecular weight is 309 g/mol. The van der Waals surface area contributed by atoms with Crippen LogP contribution in [-0.4, -0.2) is 24.0 Å². The Bertz CT molecular complexity index is 671. The van der Waals surface area contributed by atoms with E-state index in [1.165, 1.54) is 12.1 Å². The first-order valence-corrected chi connectivity index (χ1v) is 7.32. The molecule has 0 radical (unpaired) electrons. The highest BCUT2D eigenvalue weighted by atomic mass is 32.2. The molecule has 21 heavy (non-hydrogen) atoms. The van der Waals surface area contributed by atoms with Crippen LogP contribution in [0.2, 0.25) is 0 Å². The zero-order valence-corrected chi connectivity index (χ0v) is 11.8. The number of nitrogens with two attached hydrogens (primary N) is 1. The first-order valence-electron chi connectivity index (χ1n) is 5.88. The molecule has 0 heterocycles. The second kappa shape index (κ2) is 7.53. The molecule has 0 saturated heterocycles. The number of hydrogen-bond donors (Lipinski definition) is 3. The number of aliphatic carboxylic acids is 1. The number of benzene rings is 2. The van der Waals surface area contributed by atoms with E-state index in [0.29, 0.717) is 5.56 Å². The third kappa shape index (κ3) is 5.74. The third-order valence-corrected chi connectivity index (χ3v) is 3.33. The molecule has 0 bridgehead atoms. The van der Waals surface area contributed by atoms with Crippen LogP contribution < -0.4 is 5.73 Å². The van der Waals surface area contributed by atoms with Gasteiger partial charge in [0.05, 0.1) is 4.90 Å². The van der Waals surface area contributed by atoms with E-state index in [1.54, 1.807) is 42.5 Å². The van der Waals surface area contributed by atoms with Crippen molar-refractivity contribution in [2.45, 2.75) is 10.9 Å². The summed E-state index contributed by atoms with van der Waals surface area (Å²) >= 11 is 0. The van der Waals surface area contributed by atoms with Crippen LogP contribution in [0, 0.1) is 0 Å². The Morgan fingerprint density at radius 1 is 0.952 bits per heavy atom. The molecule has 0 amide bonds. The van der Waals surface area contributed by atoms with Gasteiger partial charge in [0.25, 0.3) is 10.1 Å². The molecule has 1 atom stereocenters. The summed E-state index contributed by atoms with van der Waals surface area (Å²) in [7, 11) is -4.00. The Morgan fingerprint density at radius 2 is 1.38 bits per heavy atom. The number of carbonyl (C=O) groups is 1. The van der Waals surface area contributed by atoms with Crippen LogP contribution >= 0.6 is 0 Å². The van der Waals surface area contributed by atoms with Crippen LogP contribution in [0.3, 0.4) is 0 Å². The molecule has 2 aromatic carbocycles. The van der Waals surface area contributed by atoms with Crippen LogP contribution in [0.25, 0.3) is 0 Å². The Hall–Kier alpha value is -2.22. The standard InChI is InChI=1S/C8H9NO2.C6H6O3S/c9-7(8(10)11)6-4-2-1-3-5-6;7-10(8,9)6-4-2-1-3-5-6/h1-5,7H,9H2,(H,10,11);1-5H,(H,7,8,9)/t7-;/m1./s1. The van der Waals surface area contributed by atoms with Crippen LogP contribution in [0.15, 0.2) is 65.6 Å². The summed E-state index contributed by atoms with van der Waals surface area (Å²) in [4.78, 5) is 10.3. The maximum absolute atomic E-state index is 10.4. The van der Waals surface area contributed by atoms with E-state index in [0.717, 1.165) is 0 Å². The molecule has 0 saturated carbocycles. The summed E-state index contributed by atoms with van der Waals surface area (Å²) in [6.45, 7) is 0. The molecule has 2 aromatic rings. The second-order valence-corrected chi connectivity index (χ2v) is 5.44. The molecule has 0 fully saturated rings. The fraction of sp³-hybridized carbons (Fsp3) is 0.0714. The van der Waals surface area contributed by atoms with E-state index in [-0.39, 0.29) is 4.90 Å². The van der Waals surface area contributed by atoms with Gasteiger partial charge in [0.2, 0.25) is 0 Å². The van der Waals surface area contributed by atoms with Crippen molar-refractivity contribution in [3.05, 3.63) is 66.2 Å². The van der Waals surface area contributed by atoms with Crippen LogP contribution in [0.1, 0.15) is 11.6 Å². The van der Waals surface area contributed by atoms with Crippen LogP contribution in [0.4, 0.5) is 0 Å². The van der Waals surface area contributed by atoms with Gasteiger partial charge in [-0.3, -0.25) is 9.35 Å². The zero-order valence-electron chi connectivity index (χ0n) is 11.0. The molecule has 0 aromatic heterocycles. The zero-order chi connectivity index (χ0) is 15.9. The molecular weight excluding hydrogens is 294 g/mol. The van der Waals surface area contributed by atoms with Crippen molar-refractivity contribution in [2.24, 2.45) is 5.73 Å². The predicted molar refractivity (Wildman–Crippen MR) is 77.3 cm³/mol. The molecule has 0 aliphatic carbocycles. The number of rotatable bonds is 3. The van der Waals surface area contributed by atoms with Crippen molar-refractivity contribution in [3.63, 3.8) is 0 Å². The topological polar surface area (TPSA) is 118 Å². The Kier molecular flexibility index (Phi) is 6.04. The lowest BCUT2D eigenvalue weighted by atomic mass is 10.1. The van der Waals surface area contributed by atoms with Gasteiger partial charge in [0, 0.05) is 0 Å². The lowest BCUT2D eigenvalue weighted by molar-refractivity contribution is -0.138. The normalized spacial score (nSPS) is 11.9. The van der Waals surface area contributed by atoms with E-state index in [9.17, 15) is 13.2 Å². The minimum atomic E-state index is -4.00. The minimum Gasteiger partial charge on any atom is -0.480 e. The minimum absolute atomic E-state index is 0.0741. The van der Waals surface area contributed by atoms with Gasteiger partial charge in [-0.15, -0.1) is 0 Å². The summed E-state index contributed by atoms with van der Waals surface area (Å²) in [6, 6.07) is 15.2. The van der Waals surface area contributed by atoms with Crippen molar-refractivity contribution in [3.8, 4) is 0 Å². The van der Waals surface area contributed by atoms with Gasteiger partial charge in [-0.25, -0.2) is 0 Å². The lowest BCUT2D eigenvalue weighted by Crippen LogP contribution is -2.20.